The van der Waals surface area contributed by atoms with Gasteiger partial charge in [0.15, 0.2) is 0 Å². The Morgan fingerprint density at radius 3 is 2.42 bits per heavy atom. The van der Waals surface area contributed by atoms with Crippen molar-refractivity contribution >= 4 is 41.0 Å². The highest BCUT2D eigenvalue weighted by Crippen LogP contribution is 2.39. The highest BCUT2D eigenvalue weighted by Gasteiger charge is 2.37. The molecule has 0 atom stereocenters. The molecule has 1 N–H and O–H groups in total. The van der Waals surface area contributed by atoms with E-state index >= 15 is 0 Å². The summed E-state index contributed by atoms with van der Waals surface area (Å²) in [7, 11) is 0. The van der Waals surface area contributed by atoms with Crippen LogP contribution in [0.25, 0.3) is 0 Å². The number of nitrogens with zero attached hydrogens (tertiary/aromatic N) is 1. The molecule has 3 rings (SSSR count). The molecule has 0 saturated carbocycles. The van der Waals surface area contributed by atoms with Gasteiger partial charge in [0.25, 0.3) is 11.8 Å². The first kappa shape index (κ1) is 12.6. The van der Waals surface area contributed by atoms with Gasteiger partial charge in [-0.2, -0.15) is 0 Å². The van der Waals surface area contributed by atoms with Crippen molar-refractivity contribution in [1.29, 1.82) is 0 Å². The Kier molecular flexibility index (Phi) is 3.52. The molecular weight excluding hydrogens is 280 g/mol. The Bertz CT molecular complexity index is 549. The molecule has 98 valence electrons. The van der Waals surface area contributed by atoms with Crippen LogP contribution in [0.15, 0.2) is 40.1 Å². The summed E-state index contributed by atoms with van der Waals surface area (Å²) in [5.41, 5.74) is 3.60. The van der Waals surface area contributed by atoms with Gasteiger partial charge >= 0.3 is 0 Å². The van der Waals surface area contributed by atoms with Crippen LogP contribution in [0.2, 0.25) is 0 Å². The number of amides is 2. The summed E-state index contributed by atoms with van der Waals surface area (Å²) in [6.07, 6.45) is 1.12. The van der Waals surface area contributed by atoms with Crippen molar-refractivity contribution in [3.05, 3.63) is 40.1 Å². The smallest absolute Gasteiger partial charge is 0.267 e. The van der Waals surface area contributed by atoms with Gasteiger partial charge in [0.2, 0.25) is 0 Å². The fraction of sp³-hybridized carbons (Fsp3) is 0.231. The molecule has 0 aliphatic carbocycles. The van der Waals surface area contributed by atoms with E-state index in [1.165, 1.54) is 5.01 Å². The lowest BCUT2D eigenvalue weighted by Gasteiger charge is -2.15. The van der Waals surface area contributed by atoms with Gasteiger partial charge in [0, 0.05) is 0 Å². The van der Waals surface area contributed by atoms with E-state index in [9.17, 15) is 9.59 Å². The third-order valence-electron chi connectivity index (χ3n) is 2.83. The highest BCUT2D eigenvalue weighted by atomic mass is 32.2. The number of hydrazine groups is 1. The second-order valence-electron chi connectivity index (χ2n) is 4.13. The van der Waals surface area contributed by atoms with E-state index in [0.29, 0.717) is 11.3 Å². The molecule has 6 heteroatoms. The monoisotopic (exact) mass is 292 g/mol. The van der Waals surface area contributed by atoms with Gasteiger partial charge in [-0.1, -0.05) is 18.2 Å². The van der Waals surface area contributed by atoms with Crippen LogP contribution in [0.5, 0.6) is 0 Å². The van der Waals surface area contributed by atoms with Crippen LogP contribution in [0.3, 0.4) is 0 Å². The lowest BCUT2D eigenvalue weighted by atomic mass is 10.2. The lowest BCUT2D eigenvalue weighted by Crippen LogP contribution is -2.35. The minimum absolute atomic E-state index is 0.256. The molecule has 19 heavy (non-hydrogen) atoms. The number of carbonyl (C=O) groups excluding carboxylic acids is 2. The molecule has 0 spiro atoms. The topological polar surface area (TPSA) is 49.4 Å². The van der Waals surface area contributed by atoms with Gasteiger partial charge in [-0.25, -0.2) is 5.01 Å². The minimum atomic E-state index is -0.300. The Hall–Kier alpha value is -1.40. The van der Waals surface area contributed by atoms with E-state index < -0.39 is 0 Å². The molecule has 0 unspecified atom stereocenters. The summed E-state index contributed by atoms with van der Waals surface area (Å²) in [6, 6.07) is 9.14. The van der Waals surface area contributed by atoms with E-state index in [-0.39, 0.29) is 11.8 Å². The molecule has 1 aromatic carbocycles. The zero-order chi connectivity index (χ0) is 13.2. The average molecular weight is 292 g/mol. The van der Waals surface area contributed by atoms with Crippen molar-refractivity contribution in [2.75, 3.05) is 16.5 Å². The van der Waals surface area contributed by atoms with Crippen LogP contribution < -0.4 is 10.4 Å². The summed E-state index contributed by atoms with van der Waals surface area (Å²) in [5.74, 6) is 1.38. The number of nitrogens with one attached hydrogen (secondary N) is 1. The summed E-state index contributed by atoms with van der Waals surface area (Å²) >= 11 is 3.20. The predicted molar refractivity (Wildman–Crippen MR) is 78.6 cm³/mol. The number of hydrogen-bond acceptors (Lipinski definition) is 4. The van der Waals surface area contributed by atoms with E-state index in [1.807, 2.05) is 18.2 Å². The molecule has 2 saturated heterocycles. The van der Waals surface area contributed by atoms with E-state index in [0.717, 1.165) is 22.2 Å². The maximum Gasteiger partial charge on any atom is 0.284 e. The Morgan fingerprint density at radius 1 is 1.05 bits per heavy atom. The fourth-order valence-electron chi connectivity index (χ4n) is 1.93. The van der Waals surface area contributed by atoms with Crippen LogP contribution in [0.1, 0.15) is 6.42 Å². The molecule has 2 amide bonds. The molecule has 1 aromatic rings. The molecule has 0 aromatic heterocycles. The summed E-state index contributed by atoms with van der Waals surface area (Å²) < 4.78 is 0.854. The van der Waals surface area contributed by atoms with Crippen molar-refractivity contribution < 1.29 is 9.59 Å². The first-order chi connectivity index (χ1) is 9.27. The summed E-state index contributed by atoms with van der Waals surface area (Å²) in [6.45, 7) is 0. The molecule has 2 heterocycles. The number of thioether (sulfide) groups is 2. The van der Waals surface area contributed by atoms with E-state index in [1.54, 1.807) is 35.7 Å². The fourth-order valence-corrected chi connectivity index (χ4v) is 4.54. The van der Waals surface area contributed by atoms with Crippen LogP contribution in [-0.4, -0.2) is 23.3 Å². The minimum Gasteiger partial charge on any atom is -0.267 e. The summed E-state index contributed by atoms with van der Waals surface area (Å²) in [5, 5.41) is 1.32. The second-order valence-corrected chi connectivity index (χ2v) is 6.60. The number of rotatable bonds is 1. The maximum absolute atomic E-state index is 12.4. The van der Waals surface area contributed by atoms with Gasteiger partial charge in [-0.3, -0.25) is 15.0 Å². The van der Waals surface area contributed by atoms with Gasteiger partial charge in [-0.15, -0.1) is 23.5 Å². The standard InChI is InChI=1S/C13H12N2O2S2/c16-11-10(13-18-7-4-8-19-13)12(17)15(14-11)9-5-2-1-3-6-9/h1-3,5-6H,4,7-8H2,(H,14,16). The van der Waals surface area contributed by atoms with Gasteiger partial charge < -0.3 is 0 Å². The largest absolute Gasteiger partial charge is 0.284 e. The zero-order valence-corrected chi connectivity index (χ0v) is 11.7. The van der Waals surface area contributed by atoms with Crippen LogP contribution >= 0.6 is 23.5 Å². The van der Waals surface area contributed by atoms with Gasteiger partial charge in [0.05, 0.1) is 9.92 Å². The highest BCUT2D eigenvalue weighted by molar-refractivity contribution is 8.22. The molecule has 0 radical (unpaired) electrons. The molecular formula is C13H12N2O2S2. The third kappa shape index (κ3) is 2.37. The van der Waals surface area contributed by atoms with Crippen molar-refractivity contribution in [3.63, 3.8) is 0 Å². The van der Waals surface area contributed by atoms with Crippen LogP contribution in [0, 0.1) is 0 Å². The Labute approximate surface area is 119 Å². The maximum atomic E-state index is 12.4. The predicted octanol–water partition coefficient (Wildman–Crippen LogP) is 2.15. The second kappa shape index (κ2) is 5.30. The van der Waals surface area contributed by atoms with Crippen molar-refractivity contribution in [1.82, 2.24) is 5.43 Å². The number of benzene rings is 1. The number of para-hydroxylation sites is 1. The van der Waals surface area contributed by atoms with Gasteiger partial charge in [-0.05, 0) is 30.1 Å². The van der Waals surface area contributed by atoms with Crippen molar-refractivity contribution in [2.24, 2.45) is 0 Å². The van der Waals surface area contributed by atoms with E-state index in [2.05, 4.69) is 5.43 Å². The first-order valence-corrected chi connectivity index (χ1v) is 7.95. The lowest BCUT2D eigenvalue weighted by molar-refractivity contribution is -0.117. The number of anilines is 1. The molecule has 2 aliphatic heterocycles. The normalized spacial score (nSPS) is 19.9. The Balaban J connectivity index is 1.93. The number of hydrogen-bond donors (Lipinski definition) is 1. The van der Waals surface area contributed by atoms with Gasteiger partial charge in [0.1, 0.15) is 5.57 Å². The van der Waals surface area contributed by atoms with Crippen molar-refractivity contribution in [3.8, 4) is 0 Å². The molecule has 4 nitrogen and oxygen atoms in total. The zero-order valence-electron chi connectivity index (χ0n) is 10.1. The van der Waals surface area contributed by atoms with Crippen LogP contribution in [-0.2, 0) is 9.59 Å². The molecule has 2 aliphatic rings. The van der Waals surface area contributed by atoms with Crippen LogP contribution in [0.4, 0.5) is 5.69 Å². The van der Waals surface area contributed by atoms with Crippen molar-refractivity contribution in [2.45, 2.75) is 6.42 Å². The molecule has 2 fully saturated rings. The quantitative estimate of drug-likeness (QED) is 0.636. The SMILES string of the molecule is O=C1NN(c2ccccc2)C(=O)C1=C1SCCCS1. The summed E-state index contributed by atoms with van der Waals surface area (Å²) in [4.78, 5) is 24.4. The third-order valence-corrected chi connectivity index (χ3v) is 5.46. The molecule has 0 bridgehead atoms. The first-order valence-electron chi connectivity index (χ1n) is 5.98. The Morgan fingerprint density at radius 2 is 1.74 bits per heavy atom. The van der Waals surface area contributed by atoms with E-state index in [4.69, 9.17) is 0 Å². The average Bonchev–Trinajstić information content (AvgIpc) is 2.76. The number of carbonyl (C=O) groups is 2.